The van der Waals surface area contributed by atoms with Crippen molar-refractivity contribution in [2.75, 3.05) is 7.05 Å². The molecule has 74 valence electrons. The Kier molecular flexibility index (Phi) is 2.81. The molecule has 0 fully saturated rings. The Morgan fingerprint density at radius 2 is 2.21 bits per heavy atom. The van der Waals surface area contributed by atoms with Gasteiger partial charge in [0, 0.05) is 9.86 Å². The summed E-state index contributed by atoms with van der Waals surface area (Å²) in [6.45, 7) is 0.711. The van der Waals surface area contributed by atoms with Gasteiger partial charge in [0.25, 0.3) is 0 Å². The van der Waals surface area contributed by atoms with E-state index in [2.05, 4.69) is 21.2 Å². The van der Waals surface area contributed by atoms with Gasteiger partial charge >= 0.3 is 0 Å². The van der Waals surface area contributed by atoms with E-state index in [1.165, 1.54) is 0 Å². The summed E-state index contributed by atoms with van der Waals surface area (Å²) in [7, 11) is 1.88. The van der Waals surface area contributed by atoms with Crippen LogP contribution in [0, 0.1) is 0 Å². The lowest BCUT2D eigenvalue weighted by molar-refractivity contribution is 0.531. The lowest BCUT2D eigenvalue weighted by Crippen LogP contribution is -2.03. The predicted molar refractivity (Wildman–Crippen MR) is 61.7 cm³/mol. The first-order valence-electron chi connectivity index (χ1n) is 4.23. The molecule has 1 aromatic carbocycles. The first-order valence-corrected chi connectivity index (χ1v) is 5.40. The first-order chi connectivity index (χ1) is 6.70. The third-order valence-corrected chi connectivity index (χ3v) is 2.68. The zero-order valence-electron chi connectivity index (χ0n) is 7.60. The van der Waals surface area contributed by atoms with Gasteiger partial charge < -0.3 is 9.73 Å². The van der Waals surface area contributed by atoms with Gasteiger partial charge in [-0.1, -0.05) is 27.5 Å². The number of hydrogen-bond acceptors (Lipinski definition) is 2. The molecule has 1 N–H and O–H groups in total. The van der Waals surface area contributed by atoms with Gasteiger partial charge in [-0.15, -0.1) is 0 Å². The van der Waals surface area contributed by atoms with E-state index in [9.17, 15) is 0 Å². The number of furan rings is 1. The molecule has 1 aromatic heterocycles. The van der Waals surface area contributed by atoms with E-state index in [1.54, 1.807) is 0 Å². The molecule has 2 nitrogen and oxygen atoms in total. The molecule has 0 aliphatic rings. The topological polar surface area (TPSA) is 25.2 Å². The van der Waals surface area contributed by atoms with Gasteiger partial charge in [0.05, 0.1) is 11.6 Å². The maximum absolute atomic E-state index is 6.03. The molecule has 0 bridgehead atoms. The highest BCUT2D eigenvalue weighted by molar-refractivity contribution is 9.10. The zero-order valence-corrected chi connectivity index (χ0v) is 9.95. The van der Waals surface area contributed by atoms with E-state index in [0.29, 0.717) is 11.6 Å². The van der Waals surface area contributed by atoms with Crippen LogP contribution in [0.4, 0.5) is 0 Å². The number of rotatable bonds is 2. The Hall–Kier alpha value is -0.510. The van der Waals surface area contributed by atoms with Crippen molar-refractivity contribution < 1.29 is 4.42 Å². The van der Waals surface area contributed by atoms with Crippen LogP contribution in [0.25, 0.3) is 11.0 Å². The molecule has 1 heterocycles. The van der Waals surface area contributed by atoms with Gasteiger partial charge in [-0.25, -0.2) is 0 Å². The summed E-state index contributed by atoms with van der Waals surface area (Å²) >= 11 is 9.42. The molecule has 0 saturated carbocycles. The largest absolute Gasteiger partial charge is 0.458 e. The molecule has 2 rings (SSSR count). The number of fused-ring (bicyclic) bond motifs is 1. The quantitative estimate of drug-likeness (QED) is 0.906. The van der Waals surface area contributed by atoms with Crippen LogP contribution in [0.2, 0.25) is 5.02 Å². The van der Waals surface area contributed by atoms with E-state index in [0.717, 1.165) is 21.2 Å². The fourth-order valence-electron chi connectivity index (χ4n) is 1.39. The summed E-state index contributed by atoms with van der Waals surface area (Å²) < 4.78 is 6.54. The standard InChI is InChI=1S/C10H9BrClNO/c1-13-5-8-3-6-2-7(11)4-9(12)10(6)14-8/h2-4,13H,5H2,1H3. The Morgan fingerprint density at radius 3 is 2.93 bits per heavy atom. The molecule has 0 aliphatic heterocycles. The second-order valence-corrected chi connectivity index (χ2v) is 4.37. The molecule has 0 saturated heterocycles. The van der Waals surface area contributed by atoms with E-state index in [4.69, 9.17) is 16.0 Å². The monoisotopic (exact) mass is 273 g/mol. The van der Waals surface area contributed by atoms with Crippen molar-refractivity contribution in [2.45, 2.75) is 6.54 Å². The highest BCUT2D eigenvalue weighted by Gasteiger charge is 2.07. The normalized spacial score (nSPS) is 11.1. The van der Waals surface area contributed by atoms with Crippen LogP contribution in [0.5, 0.6) is 0 Å². The Balaban J connectivity index is 2.58. The lowest BCUT2D eigenvalue weighted by atomic mass is 10.2. The zero-order chi connectivity index (χ0) is 10.1. The molecule has 14 heavy (non-hydrogen) atoms. The van der Waals surface area contributed by atoms with Crippen molar-refractivity contribution in [3.05, 3.63) is 33.5 Å². The van der Waals surface area contributed by atoms with Crippen molar-refractivity contribution in [1.82, 2.24) is 5.32 Å². The van der Waals surface area contributed by atoms with E-state index >= 15 is 0 Å². The molecule has 2 aromatic rings. The second kappa shape index (κ2) is 3.93. The highest BCUT2D eigenvalue weighted by Crippen LogP contribution is 2.30. The SMILES string of the molecule is CNCc1cc2cc(Br)cc(Cl)c2o1. The molecule has 0 aliphatic carbocycles. The molecule has 0 radical (unpaired) electrons. The summed E-state index contributed by atoms with van der Waals surface area (Å²) in [6, 6.07) is 5.81. The maximum Gasteiger partial charge on any atom is 0.153 e. The number of benzene rings is 1. The Bertz CT molecular complexity index is 466. The van der Waals surface area contributed by atoms with Crippen molar-refractivity contribution in [3.63, 3.8) is 0 Å². The summed E-state index contributed by atoms with van der Waals surface area (Å²) in [6.07, 6.45) is 0. The third kappa shape index (κ3) is 1.80. The molecule has 0 atom stereocenters. The van der Waals surface area contributed by atoms with E-state index < -0.39 is 0 Å². The van der Waals surface area contributed by atoms with E-state index in [-0.39, 0.29) is 0 Å². The van der Waals surface area contributed by atoms with Gasteiger partial charge in [-0.05, 0) is 25.2 Å². The van der Waals surface area contributed by atoms with Gasteiger partial charge in [0.1, 0.15) is 5.76 Å². The van der Waals surface area contributed by atoms with Gasteiger partial charge in [-0.3, -0.25) is 0 Å². The van der Waals surface area contributed by atoms with Gasteiger partial charge in [-0.2, -0.15) is 0 Å². The summed E-state index contributed by atoms with van der Waals surface area (Å²) in [5.41, 5.74) is 0.750. The molecular formula is C10H9BrClNO. The van der Waals surface area contributed by atoms with Crippen LogP contribution >= 0.6 is 27.5 Å². The molecule has 0 unspecified atom stereocenters. The fourth-order valence-corrected chi connectivity index (χ4v) is 2.26. The van der Waals surface area contributed by atoms with Crippen molar-refractivity contribution >= 4 is 38.5 Å². The fraction of sp³-hybridized carbons (Fsp3) is 0.200. The van der Waals surface area contributed by atoms with Crippen LogP contribution in [0.3, 0.4) is 0 Å². The van der Waals surface area contributed by atoms with Crippen molar-refractivity contribution in [1.29, 1.82) is 0 Å². The third-order valence-electron chi connectivity index (χ3n) is 1.94. The van der Waals surface area contributed by atoms with Crippen LogP contribution in [-0.2, 0) is 6.54 Å². The second-order valence-electron chi connectivity index (χ2n) is 3.05. The average molecular weight is 275 g/mol. The summed E-state index contributed by atoms with van der Waals surface area (Å²) in [4.78, 5) is 0. The van der Waals surface area contributed by atoms with Gasteiger partial charge in [0.15, 0.2) is 5.58 Å². The Labute approximate surface area is 95.4 Å². The predicted octanol–water partition coefficient (Wildman–Crippen LogP) is 3.57. The average Bonchev–Trinajstić information content (AvgIpc) is 2.48. The molecular weight excluding hydrogens is 265 g/mol. The minimum atomic E-state index is 0.636. The van der Waals surface area contributed by atoms with Gasteiger partial charge in [0.2, 0.25) is 0 Å². The smallest absolute Gasteiger partial charge is 0.153 e. The minimum absolute atomic E-state index is 0.636. The van der Waals surface area contributed by atoms with Crippen molar-refractivity contribution in [2.24, 2.45) is 0 Å². The van der Waals surface area contributed by atoms with Crippen molar-refractivity contribution in [3.8, 4) is 0 Å². The number of nitrogens with one attached hydrogen (secondary N) is 1. The summed E-state index contributed by atoms with van der Waals surface area (Å²) in [5, 5.41) is 4.69. The molecule has 0 amide bonds. The highest BCUT2D eigenvalue weighted by atomic mass is 79.9. The minimum Gasteiger partial charge on any atom is -0.458 e. The van der Waals surface area contributed by atoms with Crippen LogP contribution in [-0.4, -0.2) is 7.05 Å². The summed E-state index contributed by atoms with van der Waals surface area (Å²) in [5.74, 6) is 0.891. The lowest BCUT2D eigenvalue weighted by Gasteiger charge is -1.94. The molecule has 4 heteroatoms. The maximum atomic E-state index is 6.03. The Morgan fingerprint density at radius 1 is 1.43 bits per heavy atom. The van der Waals surface area contributed by atoms with Crippen LogP contribution in [0.1, 0.15) is 5.76 Å². The molecule has 0 spiro atoms. The number of hydrogen-bond donors (Lipinski definition) is 1. The van der Waals surface area contributed by atoms with Crippen LogP contribution in [0.15, 0.2) is 27.1 Å². The number of halogens is 2. The van der Waals surface area contributed by atoms with Crippen LogP contribution < -0.4 is 5.32 Å². The first kappa shape index (κ1) is 10.0. The van der Waals surface area contributed by atoms with E-state index in [1.807, 2.05) is 25.2 Å².